The SMILES string of the molecule is CCS(=O)(=O)N1CCC[C@H](NC)C1. The fourth-order valence-corrected chi connectivity index (χ4v) is 2.79. The number of piperidine rings is 1. The van der Waals surface area contributed by atoms with Gasteiger partial charge in [0.2, 0.25) is 10.0 Å². The molecule has 0 aromatic carbocycles. The second kappa shape index (κ2) is 4.39. The van der Waals surface area contributed by atoms with Crippen molar-refractivity contribution in [3.63, 3.8) is 0 Å². The minimum absolute atomic E-state index is 0.212. The van der Waals surface area contributed by atoms with Gasteiger partial charge in [0.25, 0.3) is 0 Å². The maximum absolute atomic E-state index is 11.5. The van der Waals surface area contributed by atoms with Crippen LogP contribution in [0.4, 0.5) is 0 Å². The molecule has 78 valence electrons. The lowest BCUT2D eigenvalue weighted by Gasteiger charge is -2.31. The smallest absolute Gasteiger partial charge is 0.213 e. The summed E-state index contributed by atoms with van der Waals surface area (Å²) in [5.41, 5.74) is 0. The summed E-state index contributed by atoms with van der Waals surface area (Å²) in [7, 11) is -1.09. The molecule has 1 fully saturated rings. The van der Waals surface area contributed by atoms with E-state index in [9.17, 15) is 8.42 Å². The van der Waals surface area contributed by atoms with E-state index in [1.54, 1.807) is 11.2 Å². The minimum atomic E-state index is -2.97. The second-order valence-electron chi connectivity index (χ2n) is 3.39. The molecule has 13 heavy (non-hydrogen) atoms. The molecule has 0 aliphatic carbocycles. The van der Waals surface area contributed by atoms with Crippen molar-refractivity contribution >= 4 is 10.0 Å². The third-order valence-corrected chi connectivity index (χ3v) is 4.40. The van der Waals surface area contributed by atoms with Gasteiger partial charge >= 0.3 is 0 Å². The van der Waals surface area contributed by atoms with Crippen molar-refractivity contribution in [2.24, 2.45) is 0 Å². The first kappa shape index (κ1) is 10.9. The average Bonchev–Trinajstić information content (AvgIpc) is 2.18. The first-order valence-electron chi connectivity index (χ1n) is 4.75. The topological polar surface area (TPSA) is 49.4 Å². The Labute approximate surface area is 80.4 Å². The standard InChI is InChI=1S/C8H18N2O2S/c1-3-13(11,12)10-6-4-5-8(7-10)9-2/h8-9H,3-7H2,1-2H3/t8-/m0/s1. The van der Waals surface area contributed by atoms with Crippen molar-refractivity contribution in [2.75, 3.05) is 25.9 Å². The number of likely N-dealkylation sites (N-methyl/N-ethyl adjacent to an activating group) is 1. The molecule has 1 rings (SSSR count). The van der Waals surface area contributed by atoms with Crippen molar-refractivity contribution < 1.29 is 8.42 Å². The molecular weight excluding hydrogens is 188 g/mol. The van der Waals surface area contributed by atoms with Crippen LogP contribution in [0.2, 0.25) is 0 Å². The van der Waals surface area contributed by atoms with Crippen LogP contribution in [-0.4, -0.2) is 44.7 Å². The van der Waals surface area contributed by atoms with E-state index < -0.39 is 10.0 Å². The van der Waals surface area contributed by atoms with E-state index in [2.05, 4.69) is 5.32 Å². The van der Waals surface area contributed by atoms with Crippen molar-refractivity contribution in [3.05, 3.63) is 0 Å². The molecule has 0 saturated carbocycles. The normalized spacial score (nSPS) is 26.2. The van der Waals surface area contributed by atoms with Crippen LogP contribution in [0.25, 0.3) is 0 Å². The molecule has 1 aliphatic rings. The van der Waals surface area contributed by atoms with Gasteiger partial charge in [-0.1, -0.05) is 0 Å². The molecule has 0 bridgehead atoms. The molecule has 4 nitrogen and oxygen atoms in total. The van der Waals surface area contributed by atoms with Gasteiger partial charge in [0, 0.05) is 19.1 Å². The van der Waals surface area contributed by atoms with E-state index in [0.29, 0.717) is 19.1 Å². The van der Waals surface area contributed by atoms with Crippen molar-refractivity contribution in [2.45, 2.75) is 25.8 Å². The Hall–Kier alpha value is -0.130. The zero-order valence-corrected chi connectivity index (χ0v) is 9.10. The van der Waals surface area contributed by atoms with Gasteiger partial charge in [-0.15, -0.1) is 0 Å². The van der Waals surface area contributed by atoms with Crippen LogP contribution in [0.1, 0.15) is 19.8 Å². The highest BCUT2D eigenvalue weighted by atomic mass is 32.2. The van der Waals surface area contributed by atoms with Crippen molar-refractivity contribution in [1.82, 2.24) is 9.62 Å². The highest BCUT2D eigenvalue weighted by Crippen LogP contribution is 2.13. The first-order chi connectivity index (χ1) is 6.10. The van der Waals surface area contributed by atoms with Crippen molar-refractivity contribution in [1.29, 1.82) is 0 Å². The second-order valence-corrected chi connectivity index (χ2v) is 5.64. The first-order valence-corrected chi connectivity index (χ1v) is 6.36. The molecule has 0 aromatic heterocycles. The number of nitrogens with zero attached hydrogens (tertiary/aromatic N) is 1. The van der Waals surface area contributed by atoms with Gasteiger partial charge in [0.1, 0.15) is 0 Å². The van der Waals surface area contributed by atoms with Crippen LogP contribution in [0.15, 0.2) is 0 Å². The summed E-state index contributed by atoms with van der Waals surface area (Å²) in [6, 6.07) is 0.329. The predicted molar refractivity (Wildman–Crippen MR) is 53.1 cm³/mol. The van der Waals surface area contributed by atoms with Gasteiger partial charge in [-0.05, 0) is 26.8 Å². The molecule has 0 amide bonds. The van der Waals surface area contributed by atoms with Crippen LogP contribution in [0.5, 0.6) is 0 Å². The molecule has 1 aliphatic heterocycles. The van der Waals surface area contributed by atoms with Crippen LogP contribution in [-0.2, 0) is 10.0 Å². The predicted octanol–water partition coefficient (Wildman–Crippen LogP) is 0.0199. The Morgan fingerprint density at radius 2 is 2.23 bits per heavy atom. The van der Waals surface area contributed by atoms with Gasteiger partial charge in [-0.25, -0.2) is 12.7 Å². The Bertz CT molecular complexity index is 251. The van der Waals surface area contributed by atoms with E-state index in [1.807, 2.05) is 7.05 Å². The molecule has 5 heteroatoms. The lowest BCUT2D eigenvalue weighted by Crippen LogP contribution is -2.47. The Balaban J connectivity index is 2.61. The van der Waals surface area contributed by atoms with Gasteiger partial charge in [-0.3, -0.25) is 0 Å². The quantitative estimate of drug-likeness (QED) is 0.708. The summed E-state index contributed by atoms with van der Waals surface area (Å²) in [5, 5.41) is 3.12. The molecule has 1 atom stereocenters. The van der Waals surface area contributed by atoms with E-state index in [4.69, 9.17) is 0 Å². The number of sulfonamides is 1. The third-order valence-electron chi connectivity index (χ3n) is 2.55. The lowest BCUT2D eigenvalue weighted by molar-refractivity contribution is 0.293. The van der Waals surface area contributed by atoms with Gasteiger partial charge in [-0.2, -0.15) is 0 Å². The van der Waals surface area contributed by atoms with Crippen LogP contribution in [0, 0.1) is 0 Å². The van der Waals surface area contributed by atoms with E-state index in [-0.39, 0.29) is 5.75 Å². The zero-order valence-electron chi connectivity index (χ0n) is 8.28. The number of hydrogen-bond donors (Lipinski definition) is 1. The molecule has 0 unspecified atom stereocenters. The maximum atomic E-state index is 11.5. The van der Waals surface area contributed by atoms with Crippen molar-refractivity contribution in [3.8, 4) is 0 Å². The van der Waals surface area contributed by atoms with Gasteiger partial charge < -0.3 is 5.32 Å². The molecule has 1 N–H and O–H groups in total. The summed E-state index contributed by atoms with van der Waals surface area (Å²) in [6.07, 6.45) is 2.04. The Morgan fingerprint density at radius 1 is 1.54 bits per heavy atom. The Kier molecular flexibility index (Phi) is 3.70. The van der Waals surface area contributed by atoms with E-state index in [0.717, 1.165) is 12.8 Å². The lowest BCUT2D eigenvalue weighted by atomic mass is 10.1. The maximum Gasteiger partial charge on any atom is 0.213 e. The average molecular weight is 206 g/mol. The van der Waals surface area contributed by atoms with Gasteiger partial charge in [0.05, 0.1) is 5.75 Å². The Morgan fingerprint density at radius 3 is 2.77 bits per heavy atom. The highest BCUT2D eigenvalue weighted by molar-refractivity contribution is 7.89. The highest BCUT2D eigenvalue weighted by Gasteiger charge is 2.26. The van der Waals surface area contributed by atoms with Gasteiger partial charge in [0.15, 0.2) is 0 Å². The summed E-state index contributed by atoms with van der Waals surface area (Å²) in [4.78, 5) is 0. The fourth-order valence-electron chi connectivity index (χ4n) is 1.61. The molecular formula is C8H18N2O2S. The molecule has 0 aromatic rings. The summed E-state index contributed by atoms with van der Waals surface area (Å²) in [6.45, 7) is 3.01. The summed E-state index contributed by atoms with van der Waals surface area (Å²) >= 11 is 0. The molecule has 0 spiro atoms. The molecule has 1 saturated heterocycles. The summed E-state index contributed by atoms with van der Waals surface area (Å²) in [5.74, 6) is 0.212. The number of nitrogens with one attached hydrogen (secondary N) is 1. The fraction of sp³-hybridized carbons (Fsp3) is 1.00. The molecule has 1 heterocycles. The minimum Gasteiger partial charge on any atom is -0.316 e. The van der Waals surface area contributed by atoms with E-state index >= 15 is 0 Å². The monoisotopic (exact) mass is 206 g/mol. The van der Waals surface area contributed by atoms with E-state index in [1.165, 1.54) is 0 Å². The zero-order chi connectivity index (χ0) is 9.90. The van der Waals surface area contributed by atoms with Crippen LogP contribution >= 0.6 is 0 Å². The number of hydrogen-bond acceptors (Lipinski definition) is 3. The molecule has 0 radical (unpaired) electrons. The number of rotatable bonds is 3. The van der Waals surface area contributed by atoms with Crippen LogP contribution < -0.4 is 5.32 Å². The largest absolute Gasteiger partial charge is 0.316 e. The third kappa shape index (κ3) is 2.65. The van der Waals surface area contributed by atoms with Crippen LogP contribution in [0.3, 0.4) is 0 Å². The summed E-state index contributed by atoms with van der Waals surface area (Å²) < 4.78 is 24.6.